The Morgan fingerprint density at radius 2 is 2.33 bits per heavy atom. The second kappa shape index (κ2) is 4.46. The molecule has 0 aromatic carbocycles. The van der Waals surface area contributed by atoms with Crippen LogP contribution in [0, 0.1) is 0 Å². The minimum absolute atomic E-state index is 1.03. The average Bonchev–Trinajstić information content (AvgIpc) is 2.28. The van der Waals surface area contributed by atoms with E-state index in [-0.39, 0.29) is 0 Å². The van der Waals surface area contributed by atoms with Crippen LogP contribution in [-0.2, 0) is 0 Å². The van der Waals surface area contributed by atoms with Crippen molar-refractivity contribution in [2.24, 2.45) is 0 Å². The van der Waals surface area contributed by atoms with Crippen LogP contribution in [-0.4, -0.2) is 0 Å². The molecule has 12 heavy (non-hydrogen) atoms. The van der Waals surface area contributed by atoms with E-state index in [1.807, 2.05) is 11.9 Å². The van der Waals surface area contributed by atoms with Crippen molar-refractivity contribution in [3.05, 3.63) is 46.5 Å². The summed E-state index contributed by atoms with van der Waals surface area (Å²) in [6, 6.07) is 0. The minimum Gasteiger partial charge on any atom is -0.0955 e. The molecule has 0 saturated heterocycles. The molecule has 0 N–H and O–H groups in total. The highest BCUT2D eigenvalue weighted by molar-refractivity contribution is 9.11. The molecule has 1 aliphatic rings. The molecule has 0 bridgehead atoms. The zero-order valence-corrected chi connectivity index (χ0v) is 8.89. The number of rotatable bonds is 1. The van der Waals surface area contributed by atoms with Gasteiger partial charge in [0.05, 0.1) is 0 Å². The quantitative estimate of drug-likeness (QED) is 0.629. The minimum atomic E-state index is 1.03. The van der Waals surface area contributed by atoms with Crippen molar-refractivity contribution >= 4 is 15.9 Å². The Morgan fingerprint density at radius 1 is 1.58 bits per heavy atom. The summed E-state index contributed by atoms with van der Waals surface area (Å²) in [5, 5.41) is 0. The molecule has 0 saturated carbocycles. The van der Waals surface area contributed by atoms with Gasteiger partial charge in [-0.05, 0) is 30.3 Å². The normalized spacial score (nSPS) is 20.5. The summed E-state index contributed by atoms with van der Waals surface area (Å²) in [7, 11) is 0. The van der Waals surface area contributed by atoms with Crippen LogP contribution < -0.4 is 0 Å². The summed E-state index contributed by atoms with van der Waals surface area (Å²) >= 11 is 3.35. The maximum atomic E-state index is 3.92. The van der Waals surface area contributed by atoms with Crippen molar-refractivity contribution < 1.29 is 0 Å². The third-order valence-corrected chi connectivity index (χ3v) is 2.56. The summed E-state index contributed by atoms with van der Waals surface area (Å²) in [6.07, 6.45) is 8.62. The molecule has 1 heteroatoms. The van der Waals surface area contributed by atoms with Crippen LogP contribution in [0.15, 0.2) is 46.5 Å². The predicted octanol–water partition coefficient (Wildman–Crippen LogP) is 4.12. The van der Waals surface area contributed by atoms with Crippen LogP contribution >= 0.6 is 15.9 Å². The maximum absolute atomic E-state index is 3.92. The molecule has 0 nitrogen and oxygen atoms in total. The van der Waals surface area contributed by atoms with Crippen LogP contribution in [0.5, 0.6) is 0 Å². The largest absolute Gasteiger partial charge is 0.0955 e. The number of halogens is 1. The van der Waals surface area contributed by atoms with Gasteiger partial charge in [0.25, 0.3) is 0 Å². The van der Waals surface area contributed by atoms with E-state index < -0.39 is 0 Å². The van der Waals surface area contributed by atoms with Crippen molar-refractivity contribution in [1.82, 2.24) is 0 Å². The second-order valence-electron chi connectivity index (χ2n) is 3.02. The molecule has 0 fully saturated rings. The fraction of sp³-hybridized carbons (Fsp3) is 0.273. The highest BCUT2D eigenvalue weighted by Crippen LogP contribution is 2.20. The molecule has 0 aliphatic heterocycles. The van der Waals surface area contributed by atoms with Crippen LogP contribution in [0.25, 0.3) is 0 Å². The molecule has 64 valence electrons. The van der Waals surface area contributed by atoms with Gasteiger partial charge in [-0.2, -0.15) is 0 Å². The zero-order chi connectivity index (χ0) is 8.97. The smallest absolute Gasteiger partial charge is 0.0118 e. The standard InChI is InChI=1S/C11H13Br/c1-9(2)11-5-3-4-10(8-12)6-7-11/h3,5,7-8H,1,4,6H2,2H3/b10-8+. The zero-order valence-electron chi connectivity index (χ0n) is 7.31. The highest BCUT2D eigenvalue weighted by Gasteiger charge is 1.99. The van der Waals surface area contributed by atoms with Gasteiger partial charge in [0, 0.05) is 0 Å². The SMILES string of the molecule is C=C(C)C1=CC/C(=C/Br)CC=C1. The van der Waals surface area contributed by atoms with Crippen LogP contribution in [0.3, 0.4) is 0 Å². The van der Waals surface area contributed by atoms with Gasteiger partial charge in [-0.1, -0.05) is 51.9 Å². The van der Waals surface area contributed by atoms with Crippen molar-refractivity contribution in [2.75, 3.05) is 0 Å². The molecule has 1 rings (SSSR count). The summed E-state index contributed by atoms with van der Waals surface area (Å²) in [5.74, 6) is 0. The van der Waals surface area contributed by atoms with Crippen LogP contribution in [0.1, 0.15) is 19.8 Å². The number of allylic oxidation sites excluding steroid dienone is 6. The Kier molecular flexibility index (Phi) is 3.54. The van der Waals surface area contributed by atoms with Crippen molar-refractivity contribution in [3.8, 4) is 0 Å². The highest BCUT2D eigenvalue weighted by atomic mass is 79.9. The first-order valence-electron chi connectivity index (χ1n) is 4.04. The molecule has 0 aromatic heterocycles. The van der Waals surface area contributed by atoms with Crippen molar-refractivity contribution in [2.45, 2.75) is 19.8 Å². The Hall–Kier alpha value is -0.560. The Balaban J connectivity index is 2.81. The molecule has 0 radical (unpaired) electrons. The van der Waals surface area contributed by atoms with Crippen LogP contribution in [0.2, 0.25) is 0 Å². The van der Waals surface area contributed by atoms with E-state index in [4.69, 9.17) is 0 Å². The Labute approximate surface area is 82.5 Å². The number of hydrogen-bond acceptors (Lipinski definition) is 0. The summed E-state index contributed by atoms with van der Waals surface area (Å²) in [6.45, 7) is 5.96. The van der Waals surface area contributed by atoms with Crippen molar-refractivity contribution in [1.29, 1.82) is 0 Å². The van der Waals surface area contributed by atoms with Crippen molar-refractivity contribution in [3.63, 3.8) is 0 Å². The summed E-state index contributed by atoms with van der Waals surface area (Å²) < 4.78 is 0. The van der Waals surface area contributed by atoms with Gasteiger partial charge in [0.15, 0.2) is 0 Å². The molecule has 0 heterocycles. The van der Waals surface area contributed by atoms with Crippen LogP contribution in [0.4, 0.5) is 0 Å². The monoisotopic (exact) mass is 224 g/mol. The molecule has 0 atom stereocenters. The molecule has 0 spiro atoms. The van der Waals surface area contributed by atoms with E-state index in [0.29, 0.717) is 0 Å². The molecule has 0 amide bonds. The van der Waals surface area contributed by atoms with E-state index >= 15 is 0 Å². The molecular weight excluding hydrogens is 212 g/mol. The van der Waals surface area contributed by atoms with E-state index in [1.165, 1.54) is 11.1 Å². The summed E-state index contributed by atoms with van der Waals surface area (Å²) in [4.78, 5) is 2.01. The fourth-order valence-corrected chi connectivity index (χ4v) is 1.51. The third kappa shape index (κ3) is 2.49. The van der Waals surface area contributed by atoms with Gasteiger partial charge in [0.2, 0.25) is 0 Å². The molecule has 0 unspecified atom stereocenters. The van der Waals surface area contributed by atoms with E-state index in [2.05, 4.69) is 40.7 Å². The Morgan fingerprint density at radius 3 is 2.92 bits per heavy atom. The fourth-order valence-electron chi connectivity index (χ4n) is 1.14. The lowest BCUT2D eigenvalue weighted by Crippen LogP contribution is -1.77. The van der Waals surface area contributed by atoms with Gasteiger partial charge in [-0.15, -0.1) is 0 Å². The molecular formula is C11H13Br. The molecule has 1 aliphatic carbocycles. The van der Waals surface area contributed by atoms with E-state index in [1.54, 1.807) is 0 Å². The van der Waals surface area contributed by atoms with Gasteiger partial charge in [-0.3, -0.25) is 0 Å². The first kappa shape index (κ1) is 9.53. The first-order chi connectivity index (χ1) is 5.74. The van der Waals surface area contributed by atoms with Gasteiger partial charge < -0.3 is 0 Å². The predicted molar refractivity (Wildman–Crippen MR) is 58.3 cm³/mol. The average molecular weight is 225 g/mol. The van der Waals surface area contributed by atoms with Gasteiger partial charge >= 0.3 is 0 Å². The number of hydrogen-bond donors (Lipinski definition) is 0. The lowest BCUT2D eigenvalue weighted by molar-refractivity contribution is 1.13. The lowest BCUT2D eigenvalue weighted by Gasteiger charge is -1.97. The summed E-state index contributed by atoms with van der Waals surface area (Å²) in [5.41, 5.74) is 3.81. The second-order valence-corrected chi connectivity index (χ2v) is 3.48. The first-order valence-corrected chi connectivity index (χ1v) is 4.96. The van der Waals surface area contributed by atoms with Gasteiger partial charge in [-0.25, -0.2) is 0 Å². The lowest BCUT2D eigenvalue weighted by atomic mass is 10.1. The van der Waals surface area contributed by atoms with Gasteiger partial charge in [0.1, 0.15) is 0 Å². The van der Waals surface area contributed by atoms with E-state index in [0.717, 1.165) is 18.4 Å². The van der Waals surface area contributed by atoms with E-state index in [9.17, 15) is 0 Å². The Bertz CT molecular complexity index is 267. The third-order valence-electron chi connectivity index (χ3n) is 1.91. The topological polar surface area (TPSA) is 0 Å². The molecule has 0 aromatic rings. The maximum Gasteiger partial charge on any atom is -0.0118 e.